The number of ether oxygens (including phenoxy) is 1. The van der Waals surface area contributed by atoms with Crippen molar-refractivity contribution in [1.82, 2.24) is 4.90 Å². The molecular formula is C18H23NO3S2. The number of thioether (sulfide) groups is 1. The minimum atomic E-state index is -0.0347. The number of thiocarbonyl (C=S) groups is 1. The maximum atomic E-state index is 12.5. The van der Waals surface area contributed by atoms with E-state index in [9.17, 15) is 9.90 Å². The fraction of sp³-hybridized carbons (Fsp3) is 0.444. The fourth-order valence-electron chi connectivity index (χ4n) is 2.43. The summed E-state index contributed by atoms with van der Waals surface area (Å²) in [5, 5.41) is 9.76. The molecule has 130 valence electrons. The molecule has 0 saturated carbocycles. The Morgan fingerprint density at radius 1 is 1.29 bits per heavy atom. The van der Waals surface area contributed by atoms with Crippen LogP contribution in [-0.2, 0) is 4.79 Å². The van der Waals surface area contributed by atoms with Gasteiger partial charge in [0.15, 0.2) is 11.5 Å². The zero-order valence-corrected chi connectivity index (χ0v) is 15.7. The number of carbonyl (C=O) groups excluding carboxylic acids is 1. The summed E-state index contributed by atoms with van der Waals surface area (Å²) >= 11 is 6.67. The van der Waals surface area contributed by atoms with Crippen LogP contribution in [0.25, 0.3) is 6.08 Å². The lowest BCUT2D eigenvalue weighted by Crippen LogP contribution is -2.28. The number of hydrogen-bond acceptors (Lipinski definition) is 5. The van der Waals surface area contributed by atoms with E-state index in [1.165, 1.54) is 24.6 Å². The van der Waals surface area contributed by atoms with Crippen molar-refractivity contribution in [2.75, 3.05) is 13.2 Å². The third-order valence-corrected chi connectivity index (χ3v) is 5.07. The van der Waals surface area contributed by atoms with Crippen molar-refractivity contribution in [3.8, 4) is 11.5 Å². The number of carbonyl (C=O) groups is 1. The van der Waals surface area contributed by atoms with Gasteiger partial charge in [-0.1, -0.05) is 56.2 Å². The smallest absolute Gasteiger partial charge is 0.266 e. The standard InChI is InChI=1S/C18H23NO3S2/c1-3-5-6-7-10-19-17(21)16(24-18(19)23)12-13-8-9-14(20)15(11-13)22-4-2/h8-9,11-12,20H,3-7,10H2,1-2H3/b16-12-. The van der Waals surface area contributed by atoms with E-state index in [1.807, 2.05) is 6.92 Å². The number of nitrogens with zero attached hydrogens (tertiary/aromatic N) is 1. The molecule has 24 heavy (non-hydrogen) atoms. The van der Waals surface area contributed by atoms with Crippen LogP contribution in [0, 0.1) is 0 Å². The summed E-state index contributed by atoms with van der Waals surface area (Å²) < 4.78 is 6.00. The van der Waals surface area contributed by atoms with Crippen molar-refractivity contribution in [1.29, 1.82) is 0 Å². The first kappa shape index (κ1) is 18.8. The Labute approximate surface area is 152 Å². The second kappa shape index (κ2) is 9.08. The molecule has 1 heterocycles. The Morgan fingerprint density at radius 3 is 2.79 bits per heavy atom. The van der Waals surface area contributed by atoms with Crippen molar-refractivity contribution in [3.63, 3.8) is 0 Å². The maximum absolute atomic E-state index is 12.5. The predicted octanol–water partition coefficient (Wildman–Crippen LogP) is 4.57. The van der Waals surface area contributed by atoms with E-state index >= 15 is 0 Å². The summed E-state index contributed by atoms with van der Waals surface area (Å²) in [5.41, 5.74) is 0.808. The van der Waals surface area contributed by atoms with Crippen LogP contribution in [-0.4, -0.2) is 33.4 Å². The van der Waals surface area contributed by atoms with Crippen LogP contribution in [0.15, 0.2) is 23.1 Å². The summed E-state index contributed by atoms with van der Waals surface area (Å²) in [4.78, 5) is 14.8. The molecule has 6 heteroatoms. The highest BCUT2D eigenvalue weighted by atomic mass is 32.2. The van der Waals surface area contributed by atoms with Crippen molar-refractivity contribution < 1.29 is 14.6 Å². The molecule has 4 nitrogen and oxygen atoms in total. The summed E-state index contributed by atoms with van der Waals surface area (Å²) in [6, 6.07) is 5.06. The highest BCUT2D eigenvalue weighted by Gasteiger charge is 2.31. The van der Waals surface area contributed by atoms with E-state index in [1.54, 1.807) is 29.2 Å². The Kier molecular flexibility index (Phi) is 7.12. The van der Waals surface area contributed by atoms with Gasteiger partial charge in [0.05, 0.1) is 11.5 Å². The number of benzene rings is 1. The van der Waals surface area contributed by atoms with E-state index < -0.39 is 0 Å². The van der Waals surface area contributed by atoms with Gasteiger partial charge in [-0.3, -0.25) is 9.69 Å². The first-order valence-corrected chi connectivity index (χ1v) is 9.50. The molecule has 1 aromatic rings. The zero-order valence-electron chi connectivity index (χ0n) is 14.1. The quantitative estimate of drug-likeness (QED) is 0.415. The third-order valence-electron chi connectivity index (χ3n) is 3.69. The van der Waals surface area contributed by atoms with Crippen LogP contribution in [0.2, 0.25) is 0 Å². The Hall–Kier alpha value is -1.53. The minimum absolute atomic E-state index is 0.0347. The van der Waals surface area contributed by atoms with Crippen molar-refractivity contribution >= 4 is 40.3 Å². The molecule has 1 aliphatic rings. The molecule has 1 aliphatic heterocycles. The Balaban J connectivity index is 2.09. The topological polar surface area (TPSA) is 49.8 Å². The van der Waals surface area contributed by atoms with E-state index in [2.05, 4.69) is 6.92 Å². The first-order valence-electron chi connectivity index (χ1n) is 8.28. The maximum Gasteiger partial charge on any atom is 0.266 e. The molecule has 0 unspecified atom stereocenters. The number of phenols is 1. The zero-order chi connectivity index (χ0) is 17.5. The summed E-state index contributed by atoms with van der Waals surface area (Å²) in [5.74, 6) is 0.478. The molecule has 1 amide bonds. The van der Waals surface area contributed by atoms with Gasteiger partial charge >= 0.3 is 0 Å². The summed E-state index contributed by atoms with van der Waals surface area (Å²) in [6.07, 6.45) is 6.23. The molecule has 1 saturated heterocycles. The molecular weight excluding hydrogens is 342 g/mol. The second-order valence-electron chi connectivity index (χ2n) is 5.55. The molecule has 1 N–H and O–H groups in total. The van der Waals surface area contributed by atoms with Crippen LogP contribution < -0.4 is 4.74 Å². The van der Waals surface area contributed by atoms with Gasteiger partial charge in [-0.2, -0.15) is 0 Å². The van der Waals surface area contributed by atoms with E-state index in [4.69, 9.17) is 17.0 Å². The third kappa shape index (κ3) is 4.74. The molecule has 1 fully saturated rings. The Morgan fingerprint density at radius 2 is 2.08 bits per heavy atom. The Bertz CT molecular complexity index is 643. The van der Waals surface area contributed by atoms with Gasteiger partial charge in [0, 0.05) is 6.54 Å². The van der Waals surface area contributed by atoms with Gasteiger partial charge in [-0.05, 0) is 37.1 Å². The molecule has 0 atom stereocenters. The fourth-order valence-corrected chi connectivity index (χ4v) is 3.74. The highest BCUT2D eigenvalue weighted by Crippen LogP contribution is 2.34. The van der Waals surface area contributed by atoms with Crippen LogP contribution in [0.4, 0.5) is 0 Å². The lowest BCUT2D eigenvalue weighted by Gasteiger charge is -2.13. The SMILES string of the molecule is CCCCCCN1C(=O)/C(=C/c2ccc(O)c(OCC)c2)SC1=S. The minimum Gasteiger partial charge on any atom is -0.504 e. The van der Waals surface area contributed by atoms with Gasteiger partial charge in [-0.25, -0.2) is 0 Å². The number of aromatic hydroxyl groups is 1. The first-order chi connectivity index (χ1) is 11.6. The lowest BCUT2D eigenvalue weighted by molar-refractivity contribution is -0.122. The van der Waals surface area contributed by atoms with Gasteiger partial charge in [0.2, 0.25) is 0 Å². The predicted molar refractivity (Wildman–Crippen MR) is 103 cm³/mol. The number of amides is 1. The highest BCUT2D eigenvalue weighted by molar-refractivity contribution is 8.26. The van der Waals surface area contributed by atoms with E-state index in [0.29, 0.717) is 28.1 Å². The number of hydrogen-bond donors (Lipinski definition) is 1. The van der Waals surface area contributed by atoms with Crippen LogP contribution in [0.3, 0.4) is 0 Å². The molecule has 0 aromatic heterocycles. The van der Waals surface area contributed by atoms with Gasteiger partial charge < -0.3 is 9.84 Å². The number of unbranched alkanes of at least 4 members (excludes halogenated alkanes) is 3. The average Bonchev–Trinajstić information content (AvgIpc) is 2.82. The van der Waals surface area contributed by atoms with Gasteiger partial charge in [0.1, 0.15) is 4.32 Å². The number of rotatable bonds is 8. The summed E-state index contributed by atoms with van der Waals surface area (Å²) in [7, 11) is 0. The molecule has 2 rings (SSSR count). The number of phenolic OH excluding ortho intramolecular Hbond substituents is 1. The second-order valence-corrected chi connectivity index (χ2v) is 7.23. The normalized spacial score (nSPS) is 16.2. The largest absolute Gasteiger partial charge is 0.504 e. The molecule has 0 aliphatic carbocycles. The van der Waals surface area contributed by atoms with Gasteiger partial charge in [-0.15, -0.1) is 0 Å². The average molecular weight is 366 g/mol. The van der Waals surface area contributed by atoms with Crippen LogP contribution >= 0.6 is 24.0 Å². The molecule has 0 spiro atoms. The van der Waals surface area contributed by atoms with E-state index in [0.717, 1.165) is 18.4 Å². The lowest BCUT2D eigenvalue weighted by atomic mass is 10.1. The van der Waals surface area contributed by atoms with Crippen molar-refractivity contribution in [3.05, 3.63) is 28.7 Å². The molecule has 1 aromatic carbocycles. The van der Waals surface area contributed by atoms with E-state index in [-0.39, 0.29) is 11.7 Å². The van der Waals surface area contributed by atoms with Gasteiger partial charge in [0.25, 0.3) is 5.91 Å². The van der Waals surface area contributed by atoms with Crippen LogP contribution in [0.5, 0.6) is 11.5 Å². The summed E-state index contributed by atoms with van der Waals surface area (Å²) in [6.45, 7) is 5.17. The van der Waals surface area contributed by atoms with Crippen molar-refractivity contribution in [2.24, 2.45) is 0 Å². The van der Waals surface area contributed by atoms with Crippen molar-refractivity contribution in [2.45, 2.75) is 39.5 Å². The van der Waals surface area contributed by atoms with Crippen LogP contribution in [0.1, 0.15) is 45.1 Å². The monoisotopic (exact) mass is 365 g/mol. The molecule has 0 radical (unpaired) electrons. The molecule has 0 bridgehead atoms.